The molecule has 2 heterocycles. The van der Waals surface area contributed by atoms with Crippen LogP contribution in [0, 0.1) is 6.92 Å². The maximum atomic E-state index is 5.51. The van der Waals surface area contributed by atoms with Gasteiger partial charge in [-0.05, 0) is 26.5 Å². The van der Waals surface area contributed by atoms with Crippen molar-refractivity contribution in [1.82, 2.24) is 5.32 Å². The lowest BCUT2D eigenvalue weighted by Gasteiger charge is -2.30. The summed E-state index contributed by atoms with van der Waals surface area (Å²) in [6, 6.07) is 2.57. The van der Waals surface area contributed by atoms with E-state index in [1.807, 2.05) is 31.8 Å². The molecule has 1 aliphatic heterocycles. The van der Waals surface area contributed by atoms with Gasteiger partial charge < -0.3 is 14.5 Å². The molecule has 0 aliphatic carbocycles. The molecule has 1 aliphatic rings. The highest BCUT2D eigenvalue weighted by Gasteiger charge is 2.26. The van der Waals surface area contributed by atoms with Gasteiger partial charge >= 0.3 is 0 Å². The number of hydrogen-bond donors (Lipinski definition) is 1. The second-order valence-corrected chi connectivity index (χ2v) is 5.04. The maximum absolute atomic E-state index is 5.51. The molecule has 0 spiro atoms. The molecule has 4 heteroatoms. The molecule has 1 aromatic rings. The zero-order chi connectivity index (χ0) is 10.7. The van der Waals surface area contributed by atoms with E-state index in [4.69, 9.17) is 9.15 Å². The van der Waals surface area contributed by atoms with Crippen LogP contribution in [0.5, 0.6) is 0 Å². The van der Waals surface area contributed by atoms with Crippen molar-refractivity contribution in [3.05, 3.63) is 18.1 Å². The summed E-state index contributed by atoms with van der Waals surface area (Å²) in [6.07, 6.45) is 2.83. The molecule has 1 N–H and O–H groups in total. The van der Waals surface area contributed by atoms with E-state index in [0.29, 0.717) is 11.3 Å². The quantitative estimate of drug-likeness (QED) is 0.857. The molecule has 2 unspecified atom stereocenters. The summed E-state index contributed by atoms with van der Waals surface area (Å²) in [5, 5.41) is 3.84. The summed E-state index contributed by atoms with van der Waals surface area (Å²) < 4.78 is 10.8. The SMILES string of the molecule is CNC1CCOCC1Sc1ccoc1C. The molecule has 2 atom stereocenters. The van der Waals surface area contributed by atoms with E-state index in [2.05, 4.69) is 5.32 Å². The molecule has 0 aromatic carbocycles. The molecule has 0 bridgehead atoms. The van der Waals surface area contributed by atoms with Crippen molar-refractivity contribution in [2.75, 3.05) is 20.3 Å². The van der Waals surface area contributed by atoms with Gasteiger partial charge in [-0.15, -0.1) is 11.8 Å². The molecular weight excluding hydrogens is 210 g/mol. The van der Waals surface area contributed by atoms with E-state index >= 15 is 0 Å². The van der Waals surface area contributed by atoms with Crippen LogP contribution in [0.2, 0.25) is 0 Å². The fraction of sp³-hybridized carbons (Fsp3) is 0.636. The fourth-order valence-electron chi connectivity index (χ4n) is 1.82. The van der Waals surface area contributed by atoms with Gasteiger partial charge in [0.2, 0.25) is 0 Å². The highest BCUT2D eigenvalue weighted by molar-refractivity contribution is 8.00. The zero-order valence-electron chi connectivity index (χ0n) is 9.16. The van der Waals surface area contributed by atoms with Crippen molar-refractivity contribution in [3.63, 3.8) is 0 Å². The van der Waals surface area contributed by atoms with E-state index in [-0.39, 0.29) is 0 Å². The zero-order valence-corrected chi connectivity index (χ0v) is 9.97. The largest absolute Gasteiger partial charge is 0.468 e. The topological polar surface area (TPSA) is 34.4 Å². The van der Waals surface area contributed by atoms with Crippen LogP contribution in [0.3, 0.4) is 0 Å². The Hall–Kier alpha value is -0.450. The summed E-state index contributed by atoms with van der Waals surface area (Å²) in [6.45, 7) is 3.69. The van der Waals surface area contributed by atoms with Crippen molar-refractivity contribution in [1.29, 1.82) is 0 Å². The van der Waals surface area contributed by atoms with Crippen LogP contribution < -0.4 is 5.32 Å². The van der Waals surface area contributed by atoms with Gasteiger partial charge in [0.25, 0.3) is 0 Å². The van der Waals surface area contributed by atoms with Crippen LogP contribution in [0.1, 0.15) is 12.2 Å². The van der Waals surface area contributed by atoms with Crippen molar-refractivity contribution < 1.29 is 9.15 Å². The number of furan rings is 1. The lowest BCUT2D eigenvalue weighted by Crippen LogP contribution is -2.43. The summed E-state index contributed by atoms with van der Waals surface area (Å²) in [4.78, 5) is 1.23. The molecule has 1 saturated heterocycles. The third kappa shape index (κ3) is 2.56. The highest BCUT2D eigenvalue weighted by atomic mass is 32.2. The normalized spacial score (nSPS) is 26.8. The maximum Gasteiger partial charge on any atom is 0.114 e. The molecule has 0 radical (unpaired) electrons. The summed E-state index contributed by atoms with van der Waals surface area (Å²) in [5.74, 6) is 1.00. The second kappa shape index (κ2) is 5.05. The predicted molar refractivity (Wildman–Crippen MR) is 61.4 cm³/mol. The van der Waals surface area contributed by atoms with E-state index in [9.17, 15) is 0 Å². The minimum Gasteiger partial charge on any atom is -0.468 e. The third-order valence-electron chi connectivity index (χ3n) is 2.76. The average Bonchev–Trinajstić information content (AvgIpc) is 2.65. The Bertz CT molecular complexity index is 313. The lowest BCUT2D eigenvalue weighted by molar-refractivity contribution is 0.0850. The minimum absolute atomic E-state index is 0.486. The Morgan fingerprint density at radius 3 is 3.07 bits per heavy atom. The van der Waals surface area contributed by atoms with Crippen LogP contribution in [0.25, 0.3) is 0 Å². The van der Waals surface area contributed by atoms with Crippen LogP contribution in [0.4, 0.5) is 0 Å². The van der Waals surface area contributed by atoms with Crippen molar-refractivity contribution in [2.24, 2.45) is 0 Å². The van der Waals surface area contributed by atoms with Gasteiger partial charge in [-0.2, -0.15) is 0 Å². The van der Waals surface area contributed by atoms with E-state index in [1.165, 1.54) is 4.90 Å². The van der Waals surface area contributed by atoms with E-state index in [0.717, 1.165) is 25.4 Å². The van der Waals surface area contributed by atoms with E-state index in [1.54, 1.807) is 6.26 Å². The molecular formula is C11H17NO2S. The van der Waals surface area contributed by atoms with Crippen LogP contribution in [-0.2, 0) is 4.74 Å². The highest BCUT2D eigenvalue weighted by Crippen LogP contribution is 2.31. The van der Waals surface area contributed by atoms with Crippen LogP contribution in [-0.4, -0.2) is 31.6 Å². The van der Waals surface area contributed by atoms with Gasteiger partial charge in [0.15, 0.2) is 0 Å². The van der Waals surface area contributed by atoms with Crippen LogP contribution >= 0.6 is 11.8 Å². The molecule has 0 amide bonds. The first-order chi connectivity index (χ1) is 7.31. The molecule has 15 heavy (non-hydrogen) atoms. The predicted octanol–water partition coefficient (Wildman–Crippen LogP) is 2.06. The van der Waals surface area contributed by atoms with Gasteiger partial charge in [0.1, 0.15) is 5.76 Å². The molecule has 1 fully saturated rings. The van der Waals surface area contributed by atoms with Gasteiger partial charge in [0, 0.05) is 22.8 Å². The van der Waals surface area contributed by atoms with Crippen molar-refractivity contribution >= 4 is 11.8 Å². The Balaban J connectivity index is 2.00. The molecule has 1 aromatic heterocycles. The second-order valence-electron chi connectivity index (χ2n) is 3.76. The lowest BCUT2D eigenvalue weighted by atomic mass is 10.1. The molecule has 84 valence electrons. The minimum atomic E-state index is 0.486. The van der Waals surface area contributed by atoms with Crippen molar-refractivity contribution in [3.8, 4) is 0 Å². The van der Waals surface area contributed by atoms with Crippen molar-refractivity contribution in [2.45, 2.75) is 29.5 Å². The first-order valence-corrected chi connectivity index (χ1v) is 6.15. The average molecular weight is 227 g/mol. The number of ether oxygens (including phenoxy) is 1. The number of aryl methyl sites for hydroxylation is 1. The first kappa shape index (κ1) is 11.0. The Labute approximate surface area is 94.6 Å². The smallest absolute Gasteiger partial charge is 0.114 e. The monoisotopic (exact) mass is 227 g/mol. The van der Waals surface area contributed by atoms with Crippen LogP contribution in [0.15, 0.2) is 21.6 Å². The van der Waals surface area contributed by atoms with Gasteiger partial charge in [-0.1, -0.05) is 0 Å². The number of rotatable bonds is 3. The Morgan fingerprint density at radius 1 is 1.53 bits per heavy atom. The Kier molecular flexibility index (Phi) is 3.72. The summed E-state index contributed by atoms with van der Waals surface area (Å²) in [5.41, 5.74) is 0. The standard InChI is InChI=1S/C11H17NO2S/c1-8-10(4-6-14-8)15-11-7-13-5-3-9(11)12-2/h4,6,9,11-12H,3,5,7H2,1-2H3. The number of hydrogen-bond acceptors (Lipinski definition) is 4. The molecule has 3 nitrogen and oxygen atoms in total. The van der Waals surface area contributed by atoms with Gasteiger partial charge in [-0.3, -0.25) is 0 Å². The third-order valence-corrected chi connectivity index (χ3v) is 4.21. The number of thioether (sulfide) groups is 1. The number of nitrogens with one attached hydrogen (secondary N) is 1. The fourth-order valence-corrected chi connectivity index (χ4v) is 3.09. The first-order valence-electron chi connectivity index (χ1n) is 5.27. The summed E-state index contributed by atoms with van der Waals surface area (Å²) >= 11 is 1.85. The Morgan fingerprint density at radius 2 is 2.40 bits per heavy atom. The molecule has 0 saturated carbocycles. The van der Waals surface area contributed by atoms with Gasteiger partial charge in [0.05, 0.1) is 12.9 Å². The van der Waals surface area contributed by atoms with E-state index < -0.39 is 0 Å². The summed E-state index contributed by atoms with van der Waals surface area (Å²) in [7, 11) is 2.02. The molecule has 2 rings (SSSR count). The van der Waals surface area contributed by atoms with Gasteiger partial charge in [-0.25, -0.2) is 0 Å².